The van der Waals surface area contributed by atoms with Gasteiger partial charge in [-0.2, -0.15) is 0 Å². The molecule has 2 saturated heterocycles. The van der Waals surface area contributed by atoms with Crippen molar-refractivity contribution in [3.8, 4) is 0 Å². The number of aromatic nitrogens is 1. The van der Waals surface area contributed by atoms with Crippen LogP contribution < -0.4 is 0 Å². The van der Waals surface area contributed by atoms with E-state index in [2.05, 4.69) is 4.98 Å². The van der Waals surface area contributed by atoms with E-state index in [9.17, 15) is 18.0 Å². The number of hydrogen-bond acceptors (Lipinski definition) is 5. The summed E-state index contributed by atoms with van der Waals surface area (Å²) in [7, 11) is -3.31. The molecule has 3 heterocycles. The Kier molecular flexibility index (Phi) is 5.32. The van der Waals surface area contributed by atoms with E-state index in [1.807, 2.05) is 23.1 Å². The summed E-state index contributed by atoms with van der Waals surface area (Å²) in [6, 6.07) is 5.69. The van der Waals surface area contributed by atoms with Crippen molar-refractivity contribution >= 4 is 21.7 Å². The highest BCUT2D eigenvalue weighted by Gasteiger charge is 2.41. The third kappa shape index (κ3) is 4.60. The first-order valence-electron chi connectivity index (χ1n) is 8.90. The number of nitrogens with zero attached hydrogens (tertiary/aromatic N) is 3. The van der Waals surface area contributed by atoms with Gasteiger partial charge in [-0.15, -0.1) is 0 Å². The van der Waals surface area contributed by atoms with Gasteiger partial charge in [0.15, 0.2) is 9.84 Å². The molecule has 0 aromatic carbocycles. The van der Waals surface area contributed by atoms with Gasteiger partial charge in [-0.1, -0.05) is 6.07 Å². The first kappa shape index (κ1) is 18.8. The second-order valence-corrected chi connectivity index (χ2v) is 9.66. The van der Waals surface area contributed by atoms with Crippen molar-refractivity contribution in [2.24, 2.45) is 5.41 Å². The summed E-state index contributed by atoms with van der Waals surface area (Å²) in [6.45, 7) is 2.30. The minimum Gasteiger partial charge on any atom is -0.342 e. The Hall–Kier alpha value is -1.96. The molecule has 1 aromatic heterocycles. The zero-order valence-corrected chi connectivity index (χ0v) is 15.9. The van der Waals surface area contributed by atoms with E-state index in [-0.39, 0.29) is 17.2 Å². The van der Waals surface area contributed by atoms with Crippen LogP contribution >= 0.6 is 0 Å². The number of rotatable bonds is 4. The van der Waals surface area contributed by atoms with Crippen LogP contribution in [0.15, 0.2) is 24.4 Å². The lowest BCUT2D eigenvalue weighted by molar-refractivity contribution is -0.142. The summed E-state index contributed by atoms with van der Waals surface area (Å²) < 4.78 is 22.7. The standard InChI is InChI=1S/C18H25N3O4S/c1-26(24,25)13-17(23)20-10-7-18(8-11-20)6-5-16(22)21(14-18)12-15-4-2-3-9-19-15/h2-4,9H,5-8,10-14H2,1H3. The maximum atomic E-state index is 12.3. The topological polar surface area (TPSA) is 87.7 Å². The second-order valence-electron chi connectivity index (χ2n) is 7.52. The number of carbonyl (C=O) groups is 2. The van der Waals surface area contributed by atoms with E-state index < -0.39 is 15.6 Å². The summed E-state index contributed by atoms with van der Waals surface area (Å²) in [5.41, 5.74) is 0.892. The molecule has 142 valence electrons. The fourth-order valence-corrected chi connectivity index (χ4v) is 4.52. The molecule has 2 fully saturated rings. The minimum atomic E-state index is -3.31. The Morgan fingerprint density at radius 1 is 1.23 bits per heavy atom. The molecule has 1 aromatic rings. The number of hydrogen-bond donors (Lipinski definition) is 0. The number of likely N-dealkylation sites (tertiary alicyclic amines) is 2. The van der Waals surface area contributed by atoms with E-state index in [0.29, 0.717) is 32.6 Å². The van der Waals surface area contributed by atoms with Crippen LogP contribution in [0.1, 0.15) is 31.4 Å². The highest BCUT2D eigenvalue weighted by Crippen LogP contribution is 2.40. The average Bonchev–Trinajstić information content (AvgIpc) is 2.58. The van der Waals surface area contributed by atoms with Gasteiger partial charge in [-0.25, -0.2) is 8.42 Å². The van der Waals surface area contributed by atoms with Gasteiger partial charge in [0.25, 0.3) is 0 Å². The van der Waals surface area contributed by atoms with Crippen LogP contribution in [0.2, 0.25) is 0 Å². The monoisotopic (exact) mass is 379 g/mol. The van der Waals surface area contributed by atoms with Gasteiger partial charge in [0, 0.05) is 38.5 Å². The Morgan fingerprint density at radius 3 is 2.58 bits per heavy atom. The quantitative estimate of drug-likeness (QED) is 0.774. The Labute approximate surface area is 154 Å². The van der Waals surface area contributed by atoms with Gasteiger partial charge in [0.2, 0.25) is 11.8 Å². The lowest BCUT2D eigenvalue weighted by atomic mass is 9.72. The molecule has 2 amide bonds. The SMILES string of the molecule is CS(=O)(=O)CC(=O)N1CCC2(CCC(=O)N(Cc3ccccn3)C2)CC1. The lowest BCUT2D eigenvalue weighted by Crippen LogP contribution is -2.52. The van der Waals surface area contributed by atoms with Gasteiger partial charge in [-0.3, -0.25) is 14.6 Å². The van der Waals surface area contributed by atoms with Crippen molar-refractivity contribution in [3.63, 3.8) is 0 Å². The van der Waals surface area contributed by atoms with Gasteiger partial charge >= 0.3 is 0 Å². The average molecular weight is 379 g/mol. The van der Waals surface area contributed by atoms with Crippen LogP contribution in [-0.4, -0.2) is 66.7 Å². The molecule has 2 aliphatic heterocycles. The highest BCUT2D eigenvalue weighted by molar-refractivity contribution is 7.91. The second kappa shape index (κ2) is 7.34. The summed E-state index contributed by atoms with van der Waals surface area (Å²) in [5.74, 6) is -0.596. The number of pyridine rings is 1. The highest BCUT2D eigenvalue weighted by atomic mass is 32.2. The molecule has 0 N–H and O–H groups in total. The zero-order chi connectivity index (χ0) is 18.8. The van der Waals surface area contributed by atoms with Crippen molar-refractivity contribution < 1.29 is 18.0 Å². The van der Waals surface area contributed by atoms with Gasteiger partial charge in [0.1, 0.15) is 5.75 Å². The van der Waals surface area contributed by atoms with E-state index in [0.717, 1.165) is 31.2 Å². The Balaban J connectivity index is 1.61. The zero-order valence-electron chi connectivity index (χ0n) is 15.1. The lowest BCUT2D eigenvalue weighted by Gasteiger charge is -2.47. The van der Waals surface area contributed by atoms with E-state index >= 15 is 0 Å². The summed E-state index contributed by atoms with van der Waals surface area (Å²) in [5, 5.41) is 0. The van der Waals surface area contributed by atoms with Crippen molar-refractivity contribution in [2.45, 2.75) is 32.2 Å². The number of sulfone groups is 1. The summed E-state index contributed by atoms with van der Waals surface area (Å²) in [4.78, 5) is 32.3. The molecule has 7 nitrogen and oxygen atoms in total. The smallest absolute Gasteiger partial charge is 0.237 e. The molecule has 1 spiro atoms. The van der Waals surface area contributed by atoms with Crippen LogP contribution in [0.4, 0.5) is 0 Å². The third-order valence-corrected chi connectivity index (χ3v) is 6.16. The molecular weight excluding hydrogens is 354 g/mol. The predicted octanol–water partition coefficient (Wildman–Crippen LogP) is 0.857. The Morgan fingerprint density at radius 2 is 1.96 bits per heavy atom. The summed E-state index contributed by atoms with van der Waals surface area (Å²) in [6.07, 6.45) is 5.76. The maximum Gasteiger partial charge on any atom is 0.237 e. The first-order valence-corrected chi connectivity index (χ1v) is 11.0. The van der Waals surface area contributed by atoms with Crippen molar-refractivity contribution in [1.29, 1.82) is 0 Å². The Bertz CT molecular complexity index is 771. The molecule has 2 aliphatic rings. The molecule has 0 radical (unpaired) electrons. The fraction of sp³-hybridized carbons (Fsp3) is 0.611. The van der Waals surface area contributed by atoms with Crippen LogP contribution in [0.25, 0.3) is 0 Å². The van der Waals surface area contributed by atoms with Gasteiger partial charge < -0.3 is 9.80 Å². The minimum absolute atomic E-state index is 0.0184. The number of amides is 2. The van der Waals surface area contributed by atoms with Crippen LogP contribution in [0, 0.1) is 5.41 Å². The predicted molar refractivity (Wildman–Crippen MR) is 96.8 cm³/mol. The molecule has 0 atom stereocenters. The third-order valence-electron chi connectivity index (χ3n) is 5.39. The maximum absolute atomic E-state index is 12.3. The van der Waals surface area contributed by atoms with Crippen molar-refractivity contribution in [3.05, 3.63) is 30.1 Å². The summed E-state index contributed by atoms with van der Waals surface area (Å²) >= 11 is 0. The van der Waals surface area contributed by atoms with Gasteiger partial charge in [0.05, 0.1) is 12.2 Å². The number of piperidine rings is 2. The van der Waals surface area contributed by atoms with E-state index in [4.69, 9.17) is 0 Å². The van der Waals surface area contributed by atoms with Crippen LogP contribution in [0.5, 0.6) is 0 Å². The molecule has 8 heteroatoms. The van der Waals surface area contributed by atoms with Crippen LogP contribution in [-0.2, 0) is 26.0 Å². The van der Waals surface area contributed by atoms with Crippen molar-refractivity contribution in [2.75, 3.05) is 31.6 Å². The van der Waals surface area contributed by atoms with E-state index in [1.54, 1.807) is 11.1 Å². The molecule has 0 unspecified atom stereocenters. The molecule has 3 rings (SSSR count). The molecule has 26 heavy (non-hydrogen) atoms. The van der Waals surface area contributed by atoms with Crippen LogP contribution in [0.3, 0.4) is 0 Å². The van der Waals surface area contributed by atoms with E-state index in [1.165, 1.54) is 0 Å². The number of carbonyl (C=O) groups excluding carboxylic acids is 2. The van der Waals surface area contributed by atoms with Crippen molar-refractivity contribution in [1.82, 2.24) is 14.8 Å². The molecule has 0 aliphatic carbocycles. The van der Waals surface area contributed by atoms with Gasteiger partial charge in [-0.05, 0) is 36.8 Å². The normalized spacial score (nSPS) is 20.4. The molecular formula is C18H25N3O4S. The molecule has 0 bridgehead atoms. The fourth-order valence-electron chi connectivity index (χ4n) is 3.89. The first-order chi connectivity index (χ1) is 12.3. The molecule has 0 saturated carbocycles. The largest absolute Gasteiger partial charge is 0.342 e.